The summed E-state index contributed by atoms with van der Waals surface area (Å²) in [6.07, 6.45) is 0.317. The Balaban J connectivity index is 2.06. The first-order chi connectivity index (χ1) is 18.6. The van der Waals surface area contributed by atoms with E-state index >= 15 is 0 Å². The predicted molar refractivity (Wildman–Crippen MR) is 156 cm³/mol. The van der Waals surface area contributed by atoms with Crippen LogP contribution in [0.2, 0.25) is 10.0 Å². The van der Waals surface area contributed by atoms with Crippen molar-refractivity contribution in [3.63, 3.8) is 0 Å². The first-order valence-corrected chi connectivity index (χ1v) is 14.9. The molecule has 0 saturated heterocycles. The van der Waals surface area contributed by atoms with Crippen LogP contribution in [0.5, 0.6) is 0 Å². The molecule has 0 saturated carbocycles. The molecule has 0 spiro atoms. The topological polar surface area (TPSA) is 86.8 Å². The first-order valence-electron chi connectivity index (χ1n) is 12.7. The fraction of sp³-hybridized carbons (Fsp3) is 0.310. The van der Waals surface area contributed by atoms with Crippen molar-refractivity contribution in [2.45, 2.75) is 44.7 Å². The molecule has 0 radical (unpaired) electrons. The third kappa shape index (κ3) is 7.75. The van der Waals surface area contributed by atoms with Crippen LogP contribution in [0.25, 0.3) is 0 Å². The smallest absolute Gasteiger partial charge is 0.264 e. The molecule has 1 unspecified atom stereocenters. The molecule has 0 aliphatic heterocycles. The van der Waals surface area contributed by atoms with Crippen molar-refractivity contribution in [1.82, 2.24) is 10.2 Å². The van der Waals surface area contributed by atoms with Crippen molar-refractivity contribution in [2.24, 2.45) is 5.92 Å². The number of nitrogens with one attached hydrogen (secondary N) is 1. The Bertz CT molecular complexity index is 1380. The van der Waals surface area contributed by atoms with Gasteiger partial charge >= 0.3 is 0 Å². The molecule has 0 fully saturated rings. The Morgan fingerprint density at radius 3 is 2.05 bits per heavy atom. The number of nitrogens with zero attached hydrogens (tertiary/aromatic N) is 2. The summed E-state index contributed by atoms with van der Waals surface area (Å²) < 4.78 is 28.6. The number of halogens is 2. The molecule has 208 valence electrons. The Labute approximate surface area is 240 Å². The number of rotatable bonds is 12. The van der Waals surface area contributed by atoms with Crippen LogP contribution in [0.15, 0.2) is 83.8 Å². The zero-order valence-corrected chi connectivity index (χ0v) is 24.5. The molecule has 3 aromatic rings. The molecule has 1 N–H and O–H groups in total. The Kier molecular flexibility index (Phi) is 10.8. The molecule has 39 heavy (non-hydrogen) atoms. The van der Waals surface area contributed by atoms with Crippen LogP contribution in [0.3, 0.4) is 0 Å². The van der Waals surface area contributed by atoms with Crippen LogP contribution in [0.1, 0.15) is 32.8 Å². The van der Waals surface area contributed by atoms with Gasteiger partial charge in [0, 0.05) is 18.1 Å². The van der Waals surface area contributed by atoms with E-state index in [4.69, 9.17) is 23.2 Å². The van der Waals surface area contributed by atoms with Gasteiger partial charge in [-0.15, -0.1) is 0 Å². The molecule has 10 heteroatoms. The number of benzene rings is 3. The molecule has 1 atom stereocenters. The van der Waals surface area contributed by atoms with Gasteiger partial charge in [0.05, 0.1) is 15.6 Å². The molecule has 0 bridgehead atoms. The number of hydrogen-bond donors (Lipinski definition) is 1. The second-order valence-electron chi connectivity index (χ2n) is 9.45. The number of sulfonamides is 1. The maximum atomic E-state index is 14.0. The second kappa shape index (κ2) is 13.8. The highest BCUT2D eigenvalue weighted by molar-refractivity contribution is 7.92. The minimum atomic E-state index is -4.19. The highest BCUT2D eigenvalue weighted by Gasteiger charge is 2.34. The molecular weight excluding hydrogens is 557 g/mol. The third-order valence-electron chi connectivity index (χ3n) is 6.10. The molecule has 3 rings (SSSR count). The van der Waals surface area contributed by atoms with Crippen molar-refractivity contribution in [3.05, 3.63) is 94.5 Å². The van der Waals surface area contributed by atoms with E-state index in [1.807, 2.05) is 13.8 Å². The van der Waals surface area contributed by atoms with Gasteiger partial charge in [-0.1, -0.05) is 92.5 Å². The molecule has 0 aromatic heterocycles. The summed E-state index contributed by atoms with van der Waals surface area (Å²) in [5, 5.41) is 3.51. The number of carbonyl (C=O) groups excluding carboxylic acids is 2. The Morgan fingerprint density at radius 1 is 0.872 bits per heavy atom. The van der Waals surface area contributed by atoms with Crippen molar-refractivity contribution in [3.8, 4) is 0 Å². The Morgan fingerprint density at radius 2 is 1.46 bits per heavy atom. The summed E-state index contributed by atoms with van der Waals surface area (Å²) in [6.45, 7) is 5.65. The van der Waals surface area contributed by atoms with Crippen LogP contribution in [0.4, 0.5) is 5.69 Å². The number of anilines is 1. The summed E-state index contributed by atoms with van der Waals surface area (Å²) in [7, 11) is -4.19. The van der Waals surface area contributed by atoms with Gasteiger partial charge in [-0.2, -0.15) is 0 Å². The second-order valence-corrected chi connectivity index (χ2v) is 12.1. The van der Waals surface area contributed by atoms with Gasteiger partial charge < -0.3 is 10.2 Å². The normalized spacial score (nSPS) is 12.2. The predicted octanol–water partition coefficient (Wildman–Crippen LogP) is 5.77. The van der Waals surface area contributed by atoms with Gasteiger partial charge in [0.1, 0.15) is 12.6 Å². The summed E-state index contributed by atoms with van der Waals surface area (Å²) >= 11 is 12.8. The molecule has 0 aliphatic rings. The van der Waals surface area contributed by atoms with Crippen LogP contribution < -0.4 is 9.62 Å². The zero-order valence-electron chi connectivity index (χ0n) is 22.2. The van der Waals surface area contributed by atoms with Crippen LogP contribution in [-0.2, 0) is 26.2 Å². The van der Waals surface area contributed by atoms with E-state index in [9.17, 15) is 18.0 Å². The average Bonchev–Trinajstić information content (AvgIpc) is 2.92. The standard InChI is InChI=1S/C29H33Cl2N3O4S/c1-4-26(29(36)32-18-21(2)3)33(19-22-12-8-9-15-24(22)30)28(35)20-34(27-17-11-10-16-25(27)31)39(37,38)23-13-6-5-7-14-23/h5-17,21,26H,4,18-20H2,1-3H3,(H,32,36). The SMILES string of the molecule is CCC(C(=O)NCC(C)C)N(Cc1ccccc1Cl)C(=O)CN(c1ccccc1Cl)S(=O)(=O)c1ccccc1. The minimum absolute atomic E-state index is 0.0112. The van der Waals surface area contributed by atoms with Crippen molar-refractivity contribution >= 4 is 50.7 Å². The lowest BCUT2D eigenvalue weighted by atomic mass is 10.1. The summed E-state index contributed by atoms with van der Waals surface area (Å²) in [6, 6.07) is 20.5. The molecule has 2 amide bonds. The van der Waals surface area contributed by atoms with E-state index in [2.05, 4.69) is 5.32 Å². The third-order valence-corrected chi connectivity index (χ3v) is 8.56. The van der Waals surface area contributed by atoms with Crippen LogP contribution >= 0.6 is 23.2 Å². The maximum Gasteiger partial charge on any atom is 0.264 e. The van der Waals surface area contributed by atoms with Gasteiger partial charge in [-0.05, 0) is 48.2 Å². The van der Waals surface area contributed by atoms with Crippen LogP contribution in [-0.4, -0.2) is 44.3 Å². The summed E-state index contributed by atoms with van der Waals surface area (Å²) in [4.78, 5) is 28.7. The lowest BCUT2D eigenvalue weighted by Gasteiger charge is -2.33. The Hall–Kier alpha value is -3.07. The lowest BCUT2D eigenvalue weighted by Crippen LogP contribution is -2.52. The van der Waals surface area contributed by atoms with Gasteiger partial charge in [0.25, 0.3) is 10.0 Å². The number of para-hydroxylation sites is 1. The van der Waals surface area contributed by atoms with Gasteiger partial charge in [-0.3, -0.25) is 13.9 Å². The van der Waals surface area contributed by atoms with Crippen molar-refractivity contribution < 1.29 is 18.0 Å². The molecular formula is C29H33Cl2N3O4S. The van der Waals surface area contributed by atoms with E-state index in [0.29, 0.717) is 23.6 Å². The highest BCUT2D eigenvalue weighted by Crippen LogP contribution is 2.31. The number of hydrogen-bond acceptors (Lipinski definition) is 4. The quantitative estimate of drug-likeness (QED) is 0.290. The van der Waals surface area contributed by atoms with E-state index in [0.717, 1.165) is 4.31 Å². The molecule has 0 aliphatic carbocycles. The molecule has 7 nitrogen and oxygen atoms in total. The summed E-state index contributed by atoms with van der Waals surface area (Å²) in [5.74, 6) is -0.673. The fourth-order valence-corrected chi connectivity index (χ4v) is 5.98. The zero-order chi connectivity index (χ0) is 28.6. The molecule has 0 heterocycles. The van der Waals surface area contributed by atoms with E-state index in [-0.39, 0.29) is 34.0 Å². The monoisotopic (exact) mass is 589 g/mol. The lowest BCUT2D eigenvalue weighted by molar-refractivity contribution is -0.140. The first kappa shape index (κ1) is 30.5. The van der Waals surface area contributed by atoms with Crippen molar-refractivity contribution in [2.75, 3.05) is 17.4 Å². The van der Waals surface area contributed by atoms with Gasteiger partial charge in [-0.25, -0.2) is 8.42 Å². The fourth-order valence-electron chi connectivity index (χ4n) is 4.04. The highest BCUT2D eigenvalue weighted by atomic mass is 35.5. The largest absolute Gasteiger partial charge is 0.354 e. The van der Waals surface area contributed by atoms with E-state index < -0.39 is 28.5 Å². The average molecular weight is 591 g/mol. The van der Waals surface area contributed by atoms with Gasteiger partial charge in [0.15, 0.2) is 0 Å². The van der Waals surface area contributed by atoms with E-state index in [1.165, 1.54) is 17.0 Å². The minimum Gasteiger partial charge on any atom is -0.354 e. The number of amides is 2. The van der Waals surface area contributed by atoms with Crippen molar-refractivity contribution in [1.29, 1.82) is 0 Å². The number of carbonyl (C=O) groups is 2. The summed E-state index contributed by atoms with van der Waals surface area (Å²) in [5.41, 5.74) is 0.796. The molecule has 3 aromatic carbocycles. The van der Waals surface area contributed by atoms with E-state index in [1.54, 1.807) is 73.7 Å². The van der Waals surface area contributed by atoms with Gasteiger partial charge in [0.2, 0.25) is 11.8 Å². The maximum absolute atomic E-state index is 14.0. The van der Waals surface area contributed by atoms with Crippen LogP contribution in [0, 0.1) is 5.92 Å².